The van der Waals surface area contributed by atoms with Crippen LogP contribution in [-0.2, 0) is 11.3 Å². The van der Waals surface area contributed by atoms with Crippen LogP contribution in [0.4, 0.5) is 0 Å². The van der Waals surface area contributed by atoms with Gasteiger partial charge in [-0.15, -0.1) is 0 Å². The lowest BCUT2D eigenvalue weighted by atomic mass is 9.93. The fourth-order valence-electron chi connectivity index (χ4n) is 2.91. The number of aromatic nitrogens is 2. The van der Waals surface area contributed by atoms with Crippen LogP contribution < -0.4 is 0 Å². The molecule has 2 aromatic heterocycles. The molecule has 0 spiro atoms. The maximum atomic E-state index is 12.5. The Labute approximate surface area is 157 Å². The van der Waals surface area contributed by atoms with Gasteiger partial charge in [0.2, 0.25) is 11.5 Å². The molecule has 1 aromatic carbocycles. The summed E-state index contributed by atoms with van der Waals surface area (Å²) in [5.74, 6) is -0.237. The van der Waals surface area contributed by atoms with Crippen molar-refractivity contribution in [3.05, 3.63) is 76.0 Å². The van der Waals surface area contributed by atoms with E-state index in [1.54, 1.807) is 29.2 Å². The van der Waals surface area contributed by atoms with E-state index >= 15 is 0 Å². The molecule has 0 aliphatic heterocycles. The van der Waals surface area contributed by atoms with E-state index in [2.05, 4.69) is 5.10 Å². The molecule has 27 heavy (non-hydrogen) atoms. The molecule has 0 fully saturated rings. The first kappa shape index (κ1) is 18.6. The molecule has 0 unspecified atom stereocenters. The molecular weight excluding hydrogens is 344 g/mol. The SMILES string of the molecule is Cc1cc(C(=O)COC(=O)c2ccc(Cn3cccn3)o2)c(C)c(C)c1C. The van der Waals surface area contributed by atoms with Crippen LogP contribution in [0, 0.1) is 27.7 Å². The van der Waals surface area contributed by atoms with E-state index in [4.69, 9.17) is 9.15 Å². The Morgan fingerprint density at radius 3 is 2.59 bits per heavy atom. The minimum atomic E-state index is -0.659. The highest BCUT2D eigenvalue weighted by atomic mass is 16.5. The number of ketones is 1. The Balaban J connectivity index is 1.64. The Kier molecular flexibility index (Phi) is 5.26. The lowest BCUT2D eigenvalue weighted by Gasteiger charge is -2.13. The number of benzene rings is 1. The van der Waals surface area contributed by atoms with Crippen LogP contribution >= 0.6 is 0 Å². The standard InChI is InChI=1S/C21H22N2O4/c1-13-10-18(16(4)15(3)14(13)2)19(24)12-26-21(25)20-7-6-17(27-20)11-23-9-5-8-22-23/h5-10H,11-12H2,1-4H3. The lowest BCUT2D eigenvalue weighted by Crippen LogP contribution is -2.16. The van der Waals surface area contributed by atoms with Crippen molar-refractivity contribution in [2.45, 2.75) is 34.2 Å². The van der Waals surface area contributed by atoms with Gasteiger partial charge < -0.3 is 9.15 Å². The van der Waals surface area contributed by atoms with Crippen molar-refractivity contribution in [3.8, 4) is 0 Å². The van der Waals surface area contributed by atoms with Crippen LogP contribution in [0.3, 0.4) is 0 Å². The Hall–Kier alpha value is -3.15. The van der Waals surface area contributed by atoms with Crippen molar-refractivity contribution in [2.24, 2.45) is 0 Å². The summed E-state index contributed by atoms with van der Waals surface area (Å²) in [6, 6.07) is 6.89. The summed E-state index contributed by atoms with van der Waals surface area (Å²) in [4.78, 5) is 24.7. The average Bonchev–Trinajstić information content (AvgIpc) is 3.33. The van der Waals surface area contributed by atoms with Gasteiger partial charge in [0.05, 0.1) is 6.54 Å². The molecule has 6 nitrogen and oxygen atoms in total. The van der Waals surface area contributed by atoms with Gasteiger partial charge in [-0.1, -0.05) is 0 Å². The number of carbonyl (C=O) groups is 2. The normalized spacial score (nSPS) is 10.8. The van der Waals surface area contributed by atoms with Crippen LogP contribution in [0.15, 0.2) is 41.1 Å². The topological polar surface area (TPSA) is 74.3 Å². The first-order valence-corrected chi connectivity index (χ1v) is 8.70. The van der Waals surface area contributed by atoms with Crippen molar-refractivity contribution < 1.29 is 18.7 Å². The lowest BCUT2D eigenvalue weighted by molar-refractivity contribution is 0.0442. The molecule has 3 aromatic rings. The van der Waals surface area contributed by atoms with Gasteiger partial charge in [-0.3, -0.25) is 9.48 Å². The number of aryl methyl sites for hydroxylation is 1. The van der Waals surface area contributed by atoms with Gasteiger partial charge in [-0.05, 0) is 74.2 Å². The minimum Gasteiger partial charge on any atom is -0.452 e. The van der Waals surface area contributed by atoms with Gasteiger partial charge in [-0.25, -0.2) is 4.79 Å². The summed E-state index contributed by atoms with van der Waals surface area (Å²) in [6.07, 6.45) is 3.47. The monoisotopic (exact) mass is 366 g/mol. The molecule has 0 aliphatic rings. The number of esters is 1. The van der Waals surface area contributed by atoms with Crippen LogP contribution in [0.1, 0.15) is 48.9 Å². The number of hydrogen-bond acceptors (Lipinski definition) is 5. The molecule has 0 radical (unpaired) electrons. The zero-order valence-electron chi connectivity index (χ0n) is 15.9. The summed E-state index contributed by atoms with van der Waals surface area (Å²) in [7, 11) is 0. The smallest absolute Gasteiger partial charge is 0.374 e. The second kappa shape index (κ2) is 7.61. The van der Waals surface area contributed by atoms with Crippen molar-refractivity contribution >= 4 is 11.8 Å². The molecule has 3 rings (SSSR count). The Bertz CT molecular complexity index is 984. The highest BCUT2D eigenvalue weighted by Gasteiger charge is 2.18. The van der Waals surface area contributed by atoms with Crippen LogP contribution in [0.2, 0.25) is 0 Å². The van der Waals surface area contributed by atoms with Crippen molar-refractivity contribution in [2.75, 3.05) is 6.61 Å². The minimum absolute atomic E-state index is 0.0675. The quantitative estimate of drug-likeness (QED) is 0.490. The first-order chi connectivity index (χ1) is 12.9. The van der Waals surface area contributed by atoms with E-state index in [1.807, 2.05) is 33.8 Å². The largest absolute Gasteiger partial charge is 0.452 e. The predicted molar refractivity (Wildman–Crippen MR) is 100 cm³/mol. The van der Waals surface area contributed by atoms with E-state index in [-0.39, 0.29) is 18.2 Å². The van der Waals surface area contributed by atoms with Gasteiger partial charge in [-0.2, -0.15) is 5.10 Å². The molecule has 6 heteroatoms. The van der Waals surface area contributed by atoms with Crippen LogP contribution in [0.5, 0.6) is 0 Å². The molecular formula is C21H22N2O4. The first-order valence-electron chi connectivity index (χ1n) is 8.70. The number of carbonyl (C=O) groups excluding carboxylic acids is 2. The van der Waals surface area contributed by atoms with Gasteiger partial charge in [0, 0.05) is 18.0 Å². The number of furan rings is 1. The second-order valence-corrected chi connectivity index (χ2v) is 6.58. The van der Waals surface area contributed by atoms with Crippen molar-refractivity contribution in [3.63, 3.8) is 0 Å². The number of rotatable bonds is 6. The molecule has 0 N–H and O–H groups in total. The van der Waals surface area contributed by atoms with Crippen molar-refractivity contribution in [1.82, 2.24) is 9.78 Å². The average molecular weight is 366 g/mol. The number of Topliss-reactive ketones (excluding diaryl/α,β-unsaturated/α-hetero) is 1. The molecule has 0 aliphatic carbocycles. The molecule has 0 bridgehead atoms. The highest BCUT2D eigenvalue weighted by molar-refractivity contribution is 6.00. The zero-order chi connectivity index (χ0) is 19.6. The summed E-state index contributed by atoms with van der Waals surface area (Å²) in [5, 5.41) is 4.08. The van der Waals surface area contributed by atoms with E-state index < -0.39 is 5.97 Å². The highest BCUT2D eigenvalue weighted by Crippen LogP contribution is 2.22. The van der Waals surface area contributed by atoms with E-state index in [0.717, 1.165) is 16.7 Å². The fourth-order valence-corrected chi connectivity index (χ4v) is 2.91. The molecule has 0 saturated heterocycles. The fraction of sp³-hybridized carbons (Fsp3) is 0.286. The van der Waals surface area contributed by atoms with Gasteiger partial charge in [0.15, 0.2) is 6.61 Å². The number of ether oxygens (including phenoxy) is 1. The Morgan fingerprint density at radius 1 is 1.11 bits per heavy atom. The maximum Gasteiger partial charge on any atom is 0.374 e. The molecule has 0 saturated carbocycles. The van der Waals surface area contributed by atoms with Crippen LogP contribution in [0.25, 0.3) is 0 Å². The summed E-state index contributed by atoms with van der Waals surface area (Å²) >= 11 is 0. The Morgan fingerprint density at radius 2 is 1.89 bits per heavy atom. The van der Waals surface area contributed by atoms with Crippen LogP contribution in [-0.4, -0.2) is 28.1 Å². The van der Waals surface area contributed by atoms with E-state index in [9.17, 15) is 9.59 Å². The third-order valence-corrected chi connectivity index (χ3v) is 4.86. The van der Waals surface area contributed by atoms with Gasteiger partial charge in [0.25, 0.3) is 0 Å². The van der Waals surface area contributed by atoms with Gasteiger partial charge >= 0.3 is 5.97 Å². The number of nitrogens with zero attached hydrogens (tertiary/aromatic N) is 2. The summed E-state index contributed by atoms with van der Waals surface area (Å²) in [5.41, 5.74) is 4.79. The number of hydrogen-bond donors (Lipinski definition) is 0. The zero-order valence-corrected chi connectivity index (χ0v) is 15.9. The van der Waals surface area contributed by atoms with Crippen molar-refractivity contribution in [1.29, 1.82) is 0 Å². The predicted octanol–water partition coefficient (Wildman–Crippen LogP) is 3.80. The molecule has 140 valence electrons. The summed E-state index contributed by atoms with van der Waals surface area (Å²) < 4.78 is 12.3. The van der Waals surface area contributed by atoms with E-state index in [1.165, 1.54) is 11.6 Å². The second-order valence-electron chi connectivity index (χ2n) is 6.58. The molecule has 0 atom stereocenters. The van der Waals surface area contributed by atoms with Gasteiger partial charge in [0.1, 0.15) is 5.76 Å². The molecule has 2 heterocycles. The third kappa shape index (κ3) is 4.00. The van der Waals surface area contributed by atoms with E-state index in [0.29, 0.717) is 17.9 Å². The summed E-state index contributed by atoms with van der Waals surface area (Å²) in [6.45, 7) is 7.99. The third-order valence-electron chi connectivity index (χ3n) is 4.86. The maximum absolute atomic E-state index is 12.5. The molecule has 0 amide bonds.